The van der Waals surface area contributed by atoms with Crippen molar-refractivity contribution < 1.29 is 14.4 Å². The molecule has 2 heterocycles. The number of anilines is 2. The number of benzene rings is 2. The van der Waals surface area contributed by atoms with Gasteiger partial charge in [-0.15, -0.1) is 11.3 Å². The number of aromatic nitrogens is 1. The summed E-state index contributed by atoms with van der Waals surface area (Å²) in [5.41, 5.74) is 2.09. The average Bonchev–Trinajstić information content (AvgIpc) is 3.33. The third-order valence-electron chi connectivity index (χ3n) is 5.68. The maximum Gasteiger partial charge on any atom is 0.271 e. The van der Waals surface area contributed by atoms with Crippen LogP contribution < -0.4 is 10.6 Å². The van der Waals surface area contributed by atoms with Gasteiger partial charge in [-0.2, -0.15) is 0 Å². The molecule has 1 fully saturated rings. The van der Waals surface area contributed by atoms with Crippen LogP contribution in [0.3, 0.4) is 0 Å². The summed E-state index contributed by atoms with van der Waals surface area (Å²) in [5, 5.41) is 8.35. The number of carbonyl (C=O) groups is 3. The molecular formula is C25H27N5O3S. The molecule has 3 aromatic rings. The number of rotatable bonds is 7. The monoisotopic (exact) mass is 477 g/mol. The summed E-state index contributed by atoms with van der Waals surface area (Å²) in [6.45, 7) is 3.41. The Morgan fingerprint density at radius 1 is 0.941 bits per heavy atom. The zero-order valence-corrected chi connectivity index (χ0v) is 19.8. The first-order valence-corrected chi connectivity index (χ1v) is 12.0. The minimum absolute atomic E-state index is 0.00434. The first-order chi connectivity index (χ1) is 16.5. The molecule has 1 aromatic heterocycles. The minimum Gasteiger partial charge on any atom is -0.339 e. The number of thiazole rings is 1. The molecule has 8 nitrogen and oxygen atoms in total. The summed E-state index contributed by atoms with van der Waals surface area (Å²) in [6.07, 6.45) is 0.373. The quantitative estimate of drug-likeness (QED) is 0.546. The van der Waals surface area contributed by atoms with Crippen LogP contribution in [-0.2, 0) is 16.0 Å². The Hall–Kier alpha value is -3.72. The molecule has 9 heteroatoms. The first kappa shape index (κ1) is 23.4. The van der Waals surface area contributed by atoms with Crippen molar-refractivity contribution in [2.45, 2.75) is 19.4 Å². The molecule has 0 spiro atoms. The Morgan fingerprint density at radius 2 is 1.56 bits per heavy atom. The van der Waals surface area contributed by atoms with Gasteiger partial charge in [0.25, 0.3) is 5.91 Å². The molecule has 4 rings (SSSR count). The smallest absolute Gasteiger partial charge is 0.271 e. The van der Waals surface area contributed by atoms with Crippen molar-refractivity contribution in [3.63, 3.8) is 0 Å². The van der Waals surface area contributed by atoms with E-state index in [1.165, 1.54) is 18.3 Å². The van der Waals surface area contributed by atoms with E-state index in [-0.39, 0.29) is 17.5 Å². The third kappa shape index (κ3) is 5.99. The molecule has 1 saturated heterocycles. The Kier molecular flexibility index (Phi) is 7.54. The fourth-order valence-electron chi connectivity index (χ4n) is 3.82. The molecule has 2 aromatic carbocycles. The van der Waals surface area contributed by atoms with Crippen LogP contribution in [-0.4, -0.2) is 64.7 Å². The molecule has 0 bridgehead atoms. The number of nitrogens with zero attached hydrogens (tertiary/aromatic N) is 3. The zero-order valence-electron chi connectivity index (χ0n) is 18.9. The summed E-state index contributed by atoms with van der Waals surface area (Å²) in [5.74, 6) is -0.544. The lowest BCUT2D eigenvalue weighted by molar-refractivity contribution is -0.139. The lowest BCUT2D eigenvalue weighted by Crippen LogP contribution is -2.56. The van der Waals surface area contributed by atoms with Crippen LogP contribution >= 0.6 is 11.3 Å². The first-order valence-electron chi connectivity index (χ1n) is 11.2. The lowest BCUT2D eigenvalue weighted by atomic mass is 10.0. The van der Waals surface area contributed by atoms with Gasteiger partial charge in [0.2, 0.25) is 11.8 Å². The summed E-state index contributed by atoms with van der Waals surface area (Å²) in [7, 11) is 0. The number of piperazine rings is 1. The van der Waals surface area contributed by atoms with E-state index in [0.717, 1.165) is 11.3 Å². The van der Waals surface area contributed by atoms with Crippen molar-refractivity contribution in [2.75, 3.05) is 31.5 Å². The fraction of sp³-hybridized carbons (Fsp3) is 0.280. The molecular weight excluding hydrogens is 450 g/mol. The summed E-state index contributed by atoms with van der Waals surface area (Å²) in [6, 6.07) is 18.5. The molecule has 0 saturated carbocycles. The second kappa shape index (κ2) is 10.9. The van der Waals surface area contributed by atoms with Crippen molar-refractivity contribution in [3.8, 4) is 0 Å². The molecule has 176 valence electrons. The minimum atomic E-state index is -0.731. The number of amides is 3. The van der Waals surface area contributed by atoms with E-state index in [1.807, 2.05) is 60.7 Å². The molecule has 1 aliphatic heterocycles. The highest BCUT2D eigenvalue weighted by molar-refractivity contribution is 7.14. The van der Waals surface area contributed by atoms with Crippen molar-refractivity contribution in [1.29, 1.82) is 0 Å². The molecule has 2 N–H and O–H groups in total. The van der Waals surface area contributed by atoms with Gasteiger partial charge in [-0.3, -0.25) is 14.4 Å². The number of nitrogens with one attached hydrogen (secondary N) is 2. The van der Waals surface area contributed by atoms with Gasteiger partial charge < -0.3 is 20.4 Å². The van der Waals surface area contributed by atoms with Crippen LogP contribution in [0.4, 0.5) is 10.8 Å². The maximum atomic E-state index is 13.4. The van der Waals surface area contributed by atoms with Gasteiger partial charge in [0.1, 0.15) is 11.7 Å². The van der Waals surface area contributed by atoms with E-state index in [1.54, 1.807) is 15.2 Å². The Labute approximate surface area is 202 Å². The Bertz CT molecular complexity index is 1130. The van der Waals surface area contributed by atoms with Crippen molar-refractivity contribution in [2.24, 2.45) is 0 Å². The normalized spacial score (nSPS) is 14.4. The molecule has 3 amide bonds. The van der Waals surface area contributed by atoms with Crippen LogP contribution in [0.5, 0.6) is 0 Å². The van der Waals surface area contributed by atoms with E-state index >= 15 is 0 Å². The maximum absolute atomic E-state index is 13.4. The number of para-hydroxylation sites is 1. The van der Waals surface area contributed by atoms with E-state index in [0.29, 0.717) is 37.7 Å². The van der Waals surface area contributed by atoms with Gasteiger partial charge in [0.05, 0.1) is 0 Å². The van der Waals surface area contributed by atoms with Crippen LogP contribution in [0.25, 0.3) is 0 Å². The van der Waals surface area contributed by atoms with E-state index in [2.05, 4.69) is 15.6 Å². The second-order valence-corrected chi connectivity index (χ2v) is 8.93. The third-order valence-corrected chi connectivity index (χ3v) is 6.44. The van der Waals surface area contributed by atoms with Crippen molar-refractivity contribution in [3.05, 3.63) is 77.3 Å². The fourth-order valence-corrected chi connectivity index (χ4v) is 4.54. The van der Waals surface area contributed by atoms with Crippen LogP contribution in [0.1, 0.15) is 23.0 Å². The van der Waals surface area contributed by atoms with E-state index in [9.17, 15) is 14.4 Å². The van der Waals surface area contributed by atoms with Crippen molar-refractivity contribution in [1.82, 2.24) is 20.1 Å². The highest BCUT2D eigenvalue weighted by atomic mass is 32.1. The Morgan fingerprint density at radius 3 is 2.21 bits per heavy atom. The molecule has 1 unspecified atom stereocenters. The molecule has 0 radical (unpaired) electrons. The van der Waals surface area contributed by atoms with Crippen LogP contribution in [0.15, 0.2) is 66.0 Å². The highest BCUT2D eigenvalue weighted by Crippen LogP contribution is 2.21. The number of hydrogen-bond donors (Lipinski definition) is 2. The molecule has 0 aliphatic carbocycles. The molecule has 1 aliphatic rings. The Balaban J connectivity index is 1.45. The van der Waals surface area contributed by atoms with Gasteiger partial charge in [-0.05, 0) is 17.7 Å². The summed E-state index contributed by atoms with van der Waals surface area (Å²) < 4.78 is 0. The topological polar surface area (TPSA) is 94.6 Å². The van der Waals surface area contributed by atoms with Gasteiger partial charge in [-0.25, -0.2) is 4.98 Å². The van der Waals surface area contributed by atoms with Gasteiger partial charge in [0, 0.05) is 50.6 Å². The van der Waals surface area contributed by atoms with E-state index in [4.69, 9.17) is 0 Å². The molecule has 1 atom stereocenters. The number of hydrogen-bond acceptors (Lipinski definition) is 6. The van der Waals surface area contributed by atoms with Gasteiger partial charge in [-0.1, -0.05) is 48.5 Å². The summed E-state index contributed by atoms with van der Waals surface area (Å²) >= 11 is 1.33. The predicted octanol–water partition coefficient (Wildman–Crippen LogP) is 2.92. The molecule has 34 heavy (non-hydrogen) atoms. The van der Waals surface area contributed by atoms with Gasteiger partial charge in [0.15, 0.2) is 5.13 Å². The van der Waals surface area contributed by atoms with Crippen LogP contribution in [0, 0.1) is 0 Å². The van der Waals surface area contributed by atoms with Crippen LogP contribution in [0.2, 0.25) is 0 Å². The standard InChI is InChI=1S/C25H27N5O3S/c1-18(31)29-12-14-30(15-13-29)24(33)21(16-19-8-4-2-5-9-19)27-23(32)22-17-34-25(28-22)26-20-10-6-3-7-11-20/h2-11,17,21H,12-16H2,1H3,(H,26,28)(H,27,32). The largest absolute Gasteiger partial charge is 0.339 e. The number of carbonyl (C=O) groups excluding carboxylic acids is 3. The predicted molar refractivity (Wildman–Crippen MR) is 132 cm³/mol. The summed E-state index contributed by atoms with van der Waals surface area (Å²) in [4.78, 5) is 45.9. The average molecular weight is 478 g/mol. The zero-order chi connectivity index (χ0) is 23.9. The second-order valence-electron chi connectivity index (χ2n) is 8.08. The van der Waals surface area contributed by atoms with E-state index < -0.39 is 11.9 Å². The lowest BCUT2D eigenvalue weighted by Gasteiger charge is -2.36. The SMILES string of the molecule is CC(=O)N1CCN(C(=O)C(Cc2ccccc2)NC(=O)c2csc(Nc3ccccc3)n2)CC1. The highest BCUT2D eigenvalue weighted by Gasteiger charge is 2.30. The van der Waals surface area contributed by atoms with Crippen molar-refractivity contribution >= 4 is 39.9 Å². The van der Waals surface area contributed by atoms with Gasteiger partial charge >= 0.3 is 0 Å².